The van der Waals surface area contributed by atoms with Crippen molar-refractivity contribution in [3.05, 3.63) is 33.6 Å². The van der Waals surface area contributed by atoms with Gasteiger partial charge >= 0.3 is 0 Å². The van der Waals surface area contributed by atoms with Crippen molar-refractivity contribution in [2.75, 3.05) is 7.11 Å². The van der Waals surface area contributed by atoms with Gasteiger partial charge in [0.2, 0.25) is 5.82 Å². The standard InChI is InChI=1S/C13H11ClN4O2S/c1-19-10-4-7(14)2-3-8(10)12-17-13(20-18-12)9-6-21-11(5-15)16-9/h2-4,6H,5,15H2,1H3. The molecule has 2 heterocycles. The van der Waals surface area contributed by atoms with Crippen LogP contribution < -0.4 is 10.5 Å². The Morgan fingerprint density at radius 1 is 1.38 bits per heavy atom. The number of nitrogens with zero attached hydrogens (tertiary/aromatic N) is 3. The number of aromatic nitrogens is 3. The van der Waals surface area contributed by atoms with Crippen LogP contribution in [0.4, 0.5) is 0 Å². The third kappa shape index (κ3) is 2.76. The molecule has 3 aromatic rings. The number of halogens is 1. The zero-order chi connectivity index (χ0) is 14.8. The molecule has 0 bridgehead atoms. The molecule has 0 aliphatic rings. The van der Waals surface area contributed by atoms with Crippen molar-refractivity contribution in [3.63, 3.8) is 0 Å². The maximum absolute atomic E-state index is 5.94. The van der Waals surface area contributed by atoms with E-state index in [1.165, 1.54) is 11.3 Å². The van der Waals surface area contributed by atoms with Crippen LogP contribution in [0.5, 0.6) is 5.75 Å². The molecule has 0 aliphatic heterocycles. The first-order valence-corrected chi connectivity index (χ1v) is 7.29. The fourth-order valence-corrected chi connectivity index (χ4v) is 2.60. The van der Waals surface area contributed by atoms with Crippen molar-refractivity contribution in [1.82, 2.24) is 15.1 Å². The fourth-order valence-electron chi connectivity index (χ4n) is 1.79. The lowest BCUT2D eigenvalue weighted by Gasteiger charge is -2.04. The average Bonchev–Trinajstić information content (AvgIpc) is 3.15. The molecule has 6 nitrogen and oxygen atoms in total. The van der Waals surface area contributed by atoms with E-state index in [-0.39, 0.29) is 0 Å². The second kappa shape index (κ2) is 5.80. The molecular formula is C13H11ClN4O2S. The van der Waals surface area contributed by atoms with Crippen molar-refractivity contribution in [1.29, 1.82) is 0 Å². The molecule has 2 N–H and O–H groups in total. The summed E-state index contributed by atoms with van der Waals surface area (Å²) in [6, 6.07) is 5.22. The summed E-state index contributed by atoms with van der Waals surface area (Å²) in [5.41, 5.74) is 6.86. The molecule has 0 amide bonds. The minimum atomic E-state index is 0.345. The Morgan fingerprint density at radius 2 is 2.24 bits per heavy atom. The van der Waals surface area contributed by atoms with Crippen molar-refractivity contribution in [2.45, 2.75) is 6.54 Å². The van der Waals surface area contributed by atoms with Crippen molar-refractivity contribution < 1.29 is 9.26 Å². The van der Waals surface area contributed by atoms with Crippen LogP contribution in [0.1, 0.15) is 5.01 Å². The Bertz CT molecular complexity index is 771. The Kier molecular flexibility index (Phi) is 3.87. The largest absolute Gasteiger partial charge is 0.496 e. The minimum absolute atomic E-state index is 0.345. The zero-order valence-electron chi connectivity index (χ0n) is 11.0. The molecule has 3 rings (SSSR count). The lowest BCUT2D eigenvalue weighted by Crippen LogP contribution is -1.94. The number of rotatable bonds is 4. The summed E-state index contributed by atoms with van der Waals surface area (Å²) in [6.07, 6.45) is 0. The van der Waals surface area contributed by atoms with Gasteiger partial charge in [0.1, 0.15) is 16.5 Å². The van der Waals surface area contributed by atoms with Crippen LogP contribution in [0.2, 0.25) is 5.02 Å². The highest BCUT2D eigenvalue weighted by Gasteiger charge is 2.16. The highest BCUT2D eigenvalue weighted by molar-refractivity contribution is 7.09. The zero-order valence-corrected chi connectivity index (χ0v) is 12.6. The molecule has 0 unspecified atom stereocenters. The van der Waals surface area contributed by atoms with Gasteiger partial charge in [-0.15, -0.1) is 11.3 Å². The summed E-state index contributed by atoms with van der Waals surface area (Å²) in [7, 11) is 1.56. The van der Waals surface area contributed by atoms with Gasteiger partial charge in [-0.25, -0.2) is 4.98 Å². The fraction of sp³-hybridized carbons (Fsp3) is 0.154. The van der Waals surface area contributed by atoms with E-state index < -0.39 is 0 Å². The van der Waals surface area contributed by atoms with Crippen molar-refractivity contribution in [2.24, 2.45) is 5.73 Å². The highest BCUT2D eigenvalue weighted by atomic mass is 35.5. The summed E-state index contributed by atoms with van der Waals surface area (Å²) < 4.78 is 10.5. The molecule has 21 heavy (non-hydrogen) atoms. The summed E-state index contributed by atoms with van der Waals surface area (Å²) in [5, 5.41) is 7.18. The lowest BCUT2D eigenvalue weighted by atomic mass is 10.2. The lowest BCUT2D eigenvalue weighted by molar-refractivity contribution is 0.413. The van der Waals surface area contributed by atoms with E-state index in [0.29, 0.717) is 40.3 Å². The molecule has 2 aromatic heterocycles. The van der Waals surface area contributed by atoms with Gasteiger partial charge in [-0.2, -0.15) is 4.98 Å². The molecule has 0 radical (unpaired) electrons. The van der Waals surface area contributed by atoms with E-state index in [9.17, 15) is 0 Å². The number of hydrogen-bond donors (Lipinski definition) is 1. The molecular weight excluding hydrogens is 312 g/mol. The van der Waals surface area contributed by atoms with E-state index in [2.05, 4.69) is 15.1 Å². The third-order valence-electron chi connectivity index (χ3n) is 2.78. The van der Waals surface area contributed by atoms with Crippen molar-refractivity contribution >= 4 is 22.9 Å². The van der Waals surface area contributed by atoms with Crippen LogP contribution in [0.15, 0.2) is 28.1 Å². The maximum Gasteiger partial charge on any atom is 0.277 e. The number of thiazole rings is 1. The normalized spacial score (nSPS) is 10.8. The van der Waals surface area contributed by atoms with Crippen LogP contribution in [0, 0.1) is 0 Å². The predicted molar refractivity (Wildman–Crippen MR) is 80.3 cm³/mol. The van der Waals surface area contributed by atoms with Gasteiger partial charge in [0, 0.05) is 16.9 Å². The van der Waals surface area contributed by atoms with E-state index >= 15 is 0 Å². The molecule has 0 spiro atoms. The van der Waals surface area contributed by atoms with E-state index in [1.54, 1.807) is 25.3 Å². The quantitative estimate of drug-likeness (QED) is 0.794. The number of ether oxygens (including phenoxy) is 1. The summed E-state index contributed by atoms with van der Waals surface area (Å²) >= 11 is 7.39. The highest BCUT2D eigenvalue weighted by Crippen LogP contribution is 2.32. The number of nitrogens with two attached hydrogens (primary N) is 1. The predicted octanol–water partition coefficient (Wildman–Crippen LogP) is 2.98. The second-order valence-corrected chi connectivity index (χ2v) is 5.48. The molecule has 0 aliphatic carbocycles. The number of benzene rings is 1. The second-order valence-electron chi connectivity index (χ2n) is 4.10. The molecule has 108 valence electrons. The van der Waals surface area contributed by atoms with E-state index in [4.69, 9.17) is 26.6 Å². The van der Waals surface area contributed by atoms with Gasteiger partial charge in [-0.3, -0.25) is 0 Å². The van der Waals surface area contributed by atoms with E-state index in [0.717, 1.165) is 5.01 Å². The van der Waals surface area contributed by atoms with Gasteiger partial charge in [0.15, 0.2) is 0 Å². The summed E-state index contributed by atoms with van der Waals surface area (Å²) in [5.74, 6) is 1.34. The van der Waals surface area contributed by atoms with Crippen LogP contribution in [0.25, 0.3) is 23.0 Å². The van der Waals surface area contributed by atoms with Crippen molar-refractivity contribution in [3.8, 4) is 28.7 Å². The average molecular weight is 323 g/mol. The van der Waals surface area contributed by atoms with Crippen LogP contribution in [-0.4, -0.2) is 22.2 Å². The SMILES string of the molecule is COc1cc(Cl)ccc1-c1noc(-c2csc(CN)n2)n1. The Morgan fingerprint density at radius 3 is 2.95 bits per heavy atom. The smallest absolute Gasteiger partial charge is 0.277 e. The van der Waals surface area contributed by atoms with E-state index in [1.807, 2.05) is 5.38 Å². The van der Waals surface area contributed by atoms with Gasteiger partial charge in [0.05, 0.1) is 12.7 Å². The van der Waals surface area contributed by atoms with Gasteiger partial charge in [0.25, 0.3) is 5.89 Å². The molecule has 8 heteroatoms. The Balaban J connectivity index is 1.98. The first-order chi connectivity index (χ1) is 10.2. The van der Waals surface area contributed by atoms with Crippen LogP contribution in [-0.2, 0) is 6.54 Å². The number of methoxy groups -OCH3 is 1. The van der Waals surface area contributed by atoms with Gasteiger partial charge in [-0.1, -0.05) is 16.8 Å². The summed E-state index contributed by atoms with van der Waals surface area (Å²) in [4.78, 5) is 8.65. The molecule has 0 fully saturated rings. The monoisotopic (exact) mass is 322 g/mol. The molecule has 1 aromatic carbocycles. The summed E-state index contributed by atoms with van der Waals surface area (Å²) in [6.45, 7) is 0.386. The Labute approximate surface area is 129 Å². The van der Waals surface area contributed by atoms with Crippen LogP contribution in [0.3, 0.4) is 0 Å². The van der Waals surface area contributed by atoms with Gasteiger partial charge in [-0.05, 0) is 18.2 Å². The maximum atomic E-state index is 5.94. The Hall–Kier alpha value is -1.96. The first kappa shape index (κ1) is 14.0. The van der Waals surface area contributed by atoms with Crippen LogP contribution >= 0.6 is 22.9 Å². The third-order valence-corrected chi connectivity index (χ3v) is 3.88. The topological polar surface area (TPSA) is 87.1 Å². The first-order valence-electron chi connectivity index (χ1n) is 6.03. The molecule has 0 atom stereocenters. The van der Waals surface area contributed by atoms with Gasteiger partial charge < -0.3 is 15.0 Å². The minimum Gasteiger partial charge on any atom is -0.496 e. The molecule has 0 saturated carbocycles. The molecule has 0 saturated heterocycles. The number of hydrogen-bond acceptors (Lipinski definition) is 7.